The van der Waals surface area contributed by atoms with Gasteiger partial charge >= 0.3 is 0 Å². The summed E-state index contributed by atoms with van der Waals surface area (Å²) in [5.41, 5.74) is 0. The van der Waals surface area contributed by atoms with E-state index in [2.05, 4.69) is 57.5 Å². The number of aliphatic imine (C=N–C) groups is 1. The van der Waals surface area contributed by atoms with E-state index in [9.17, 15) is 0 Å². The molecule has 1 fully saturated rings. The third-order valence-corrected chi connectivity index (χ3v) is 6.79. The first-order valence-corrected chi connectivity index (χ1v) is 11.3. The molecule has 0 radical (unpaired) electrons. The normalized spacial score (nSPS) is 20.8. The van der Waals surface area contributed by atoms with Crippen molar-refractivity contribution < 1.29 is 0 Å². The zero-order chi connectivity index (χ0) is 18.4. The van der Waals surface area contributed by atoms with Gasteiger partial charge in [-0.05, 0) is 25.7 Å². The van der Waals surface area contributed by atoms with Crippen LogP contribution in [0.5, 0.6) is 0 Å². The van der Waals surface area contributed by atoms with Gasteiger partial charge < -0.3 is 14.8 Å². The fourth-order valence-corrected chi connectivity index (χ4v) is 4.99. The molecule has 6 nitrogen and oxygen atoms in total. The van der Waals surface area contributed by atoms with Crippen molar-refractivity contribution in [2.24, 2.45) is 10.9 Å². The van der Waals surface area contributed by atoms with Crippen LogP contribution in [0.4, 0.5) is 0 Å². The molecule has 1 aromatic rings. The van der Waals surface area contributed by atoms with E-state index in [0.717, 1.165) is 57.3 Å². The molecule has 0 bridgehead atoms. The second-order valence-corrected chi connectivity index (χ2v) is 8.93. The lowest BCUT2D eigenvalue weighted by atomic mass is 10.1. The zero-order valence-corrected chi connectivity index (χ0v) is 20.1. The summed E-state index contributed by atoms with van der Waals surface area (Å²) >= 11 is 2.10. The van der Waals surface area contributed by atoms with E-state index < -0.39 is 0 Å². The molecule has 3 heterocycles. The van der Waals surface area contributed by atoms with Gasteiger partial charge in [0.2, 0.25) is 0 Å². The van der Waals surface area contributed by atoms with E-state index in [1.807, 2.05) is 0 Å². The summed E-state index contributed by atoms with van der Waals surface area (Å²) in [7, 11) is 0. The summed E-state index contributed by atoms with van der Waals surface area (Å²) in [4.78, 5) is 7.36. The van der Waals surface area contributed by atoms with Crippen molar-refractivity contribution in [1.29, 1.82) is 0 Å². The minimum atomic E-state index is 0. The van der Waals surface area contributed by atoms with E-state index in [4.69, 9.17) is 4.99 Å². The predicted octanol–water partition coefficient (Wildman–Crippen LogP) is 3.20. The van der Waals surface area contributed by atoms with Crippen LogP contribution < -0.4 is 5.32 Å². The molecule has 0 spiro atoms. The quantitative estimate of drug-likeness (QED) is 0.378. The maximum absolute atomic E-state index is 4.92. The largest absolute Gasteiger partial charge is 0.357 e. The lowest BCUT2D eigenvalue weighted by molar-refractivity contribution is 0.381. The molecule has 1 aromatic heterocycles. The van der Waals surface area contributed by atoms with E-state index in [-0.39, 0.29) is 24.0 Å². The number of nitrogens with zero attached hydrogens (tertiary/aromatic N) is 5. The molecule has 0 saturated carbocycles. The number of fused-ring (bicyclic) bond motifs is 1. The third-order valence-electron chi connectivity index (χ3n) is 5.25. The number of halogens is 1. The van der Waals surface area contributed by atoms with Gasteiger partial charge in [0.1, 0.15) is 11.6 Å². The molecule has 1 saturated heterocycles. The van der Waals surface area contributed by atoms with Crippen molar-refractivity contribution >= 4 is 41.7 Å². The molecule has 3 rings (SSSR count). The summed E-state index contributed by atoms with van der Waals surface area (Å²) in [5.74, 6) is 5.23. The molecule has 1 N–H and O–H groups in total. The Morgan fingerprint density at radius 1 is 1.26 bits per heavy atom. The summed E-state index contributed by atoms with van der Waals surface area (Å²) in [6.07, 6.45) is 5.73. The molecule has 2 aliphatic heterocycles. The van der Waals surface area contributed by atoms with Gasteiger partial charge in [0, 0.05) is 56.6 Å². The Morgan fingerprint density at radius 2 is 2.11 bits per heavy atom. The van der Waals surface area contributed by atoms with Crippen LogP contribution in [0.3, 0.4) is 0 Å². The number of hydrogen-bond acceptors (Lipinski definition) is 4. The molecule has 2 aliphatic rings. The summed E-state index contributed by atoms with van der Waals surface area (Å²) in [5, 5.41) is 13.0. The number of thioether (sulfide) groups is 1. The molecule has 27 heavy (non-hydrogen) atoms. The van der Waals surface area contributed by atoms with Crippen LogP contribution in [0.25, 0.3) is 0 Å². The van der Waals surface area contributed by atoms with Crippen LogP contribution >= 0.6 is 35.7 Å². The zero-order valence-electron chi connectivity index (χ0n) is 17.0. The lowest BCUT2D eigenvalue weighted by Crippen LogP contribution is -2.49. The molecule has 154 valence electrons. The molecule has 0 amide bonds. The second-order valence-electron chi connectivity index (χ2n) is 7.58. The molecular formula is C19H35IN6S. The minimum Gasteiger partial charge on any atom is -0.357 e. The highest BCUT2D eigenvalue weighted by atomic mass is 127. The second kappa shape index (κ2) is 11.5. The van der Waals surface area contributed by atoms with E-state index >= 15 is 0 Å². The van der Waals surface area contributed by atoms with Crippen molar-refractivity contribution in [3.05, 3.63) is 11.6 Å². The summed E-state index contributed by atoms with van der Waals surface area (Å²) in [6.45, 7) is 11.7. The molecule has 0 aromatic carbocycles. The SMILES string of the molecule is CCNC(=NCCc1nnc2n1CCCCC2)N1CCSC(C(C)C)C1.I. The van der Waals surface area contributed by atoms with Gasteiger partial charge in [-0.1, -0.05) is 20.3 Å². The molecular weight excluding hydrogens is 471 g/mol. The molecule has 0 aliphatic carbocycles. The van der Waals surface area contributed by atoms with E-state index in [1.165, 1.54) is 30.8 Å². The monoisotopic (exact) mass is 506 g/mol. The smallest absolute Gasteiger partial charge is 0.193 e. The van der Waals surface area contributed by atoms with Gasteiger partial charge in [0.15, 0.2) is 5.96 Å². The average Bonchev–Trinajstić information content (AvgIpc) is 2.87. The van der Waals surface area contributed by atoms with E-state index in [1.54, 1.807) is 0 Å². The Morgan fingerprint density at radius 3 is 2.89 bits per heavy atom. The highest BCUT2D eigenvalue weighted by molar-refractivity contribution is 14.0. The van der Waals surface area contributed by atoms with Gasteiger partial charge in [-0.3, -0.25) is 4.99 Å². The molecule has 8 heteroatoms. The van der Waals surface area contributed by atoms with Crippen molar-refractivity contribution in [2.75, 3.05) is 31.9 Å². The summed E-state index contributed by atoms with van der Waals surface area (Å²) in [6, 6.07) is 0. The van der Waals surface area contributed by atoms with Crippen LogP contribution in [-0.4, -0.2) is 62.8 Å². The van der Waals surface area contributed by atoms with Crippen LogP contribution in [0.1, 0.15) is 51.7 Å². The number of aromatic nitrogens is 3. The third kappa shape index (κ3) is 6.24. The Bertz CT molecular complexity index is 603. The fraction of sp³-hybridized carbons (Fsp3) is 0.842. The number of aryl methyl sites for hydroxylation is 1. The van der Waals surface area contributed by atoms with Crippen molar-refractivity contribution in [3.8, 4) is 0 Å². The van der Waals surface area contributed by atoms with Crippen molar-refractivity contribution in [1.82, 2.24) is 25.0 Å². The topological polar surface area (TPSA) is 58.3 Å². The first-order chi connectivity index (χ1) is 12.7. The fourth-order valence-electron chi connectivity index (χ4n) is 3.69. The first kappa shape index (κ1) is 22.8. The van der Waals surface area contributed by atoms with Gasteiger partial charge in [-0.25, -0.2) is 0 Å². The molecule has 1 unspecified atom stereocenters. The predicted molar refractivity (Wildman–Crippen MR) is 125 cm³/mol. The lowest BCUT2D eigenvalue weighted by Gasteiger charge is -2.36. The number of nitrogens with one attached hydrogen (secondary N) is 1. The maximum atomic E-state index is 4.92. The Hall–Kier alpha value is -0.510. The van der Waals surface area contributed by atoms with Crippen LogP contribution in [-0.2, 0) is 19.4 Å². The first-order valence-electron chi connectivity index (χ1n) is 10.2. The maximum Gasteiger partial charge on any atom is 0.193 e. The highest BCUT2D eigenvalue weighted by Crippen LogP contribution is 2.24. The summed E-state index contributed by atoms with van der Waals surface area (Å²) < 4.78 is 2.34. The van der Waals surface area contributed by atoms with Gasteiger partial charge in [-0.15, -0.1) is 34.2 Å². The van der Waals surface area contributed by atoms with Crippen LogP contribution in [0.2, 0.25) is 0 Å². The van der Waals surface area contributed by atoms with Crippen LogP contribution in [0, 0.1) is 5.92 Å². The van der Waals surface area contributed by atoms with Gasteiger partial charge in [0.25, 0.3) is 0 Å². The standard InChI is InChI=1S/C19H34N6S.HI/c1-4-20-19(24-12-13-26-16(14-24)15(2)3)21-10-9-18-23-22-17-8-6-5-7-11-25(17)18;/h15-16H,4-14H2,1-3H3,(H,20,21);1H. The van der Waals surface area contributed by atoms with Crippen LogP contribution in [0.15, 0.2) is 4.99 Å². The minimum absolute atomic E-state index is 0. The Balaban J connectivity index is 0.00000261. The number of rotatable bonds is 5. The number of guanidine groups is 1. The van der Waals surface area contributed by atoms with Gasteiger partial charge in [0.05, 0.1) is 0 Å². The van der Waals surface area contributed by atoms with Crippen molar-refractivity contribution in [2.45, 2.75) is 64.7 Å². The Labute approximate surface area is 185 Å². The molecule has 1 atom stereocenters. The Kier molecular flexibility index (Phi) is 9.69. The number of hydrogen-bond donors (Lipinski definition) is 1. The van der Waals surface area contributed by atoms with E-state index in [0.29, 0.717) is 11.2 Å². The van der Waals surface area contributed by atoms with Gasteiger partial charge in [-0.2, -0.15) is 11.8 Å². The average molecular weight is 507 g/mol. The highest BCUT2D eigenvalue weighted by Gasteiger charge is 2.24. The van der Waals surface area contributed by atoms with Crippen molar-refractivity contribution in [3.63, 3.8) is 0 Å².